The number of aromatic nitrogens is 1. The number of likely N-dealkylation sites (tertiary alicyclic amines) is 1. The molecule has 2 aromatic carbocycles. The number of nitrogens with zero attached hydrogens (tertiary/aromatic N) is 3. The van der Waals surface area contributed by atoms with Gasteiger partial charge < -0.3 is 14.5 Å². The van der Waals surface area contributed by atoms with Gasteiger partial charge in [0.05, 0.1) is 18.6 Å². The van der Waals surface area contributed by atoms with Crippen molar-refractivity contribution in [3.63, 3.8) is 0 Å². The van der Waals surface area contributed by atoms with Crippen molar-refractivity contribution in [2.24, 2.45) is 0 Å². The van der Waals surface area contributed by atoms with Gasteiger partial charge in [0, 0.05) is 36.8 Å². The molecule has 5 heteroatoms. The summed E-state index contributed by atoms with van der Waals surface area (Å²) < 4.78 is 5.91. The number of pyridine rings is 1. The van der Waals surface area contributed by atoms with Crippen LogP contribution in [-0.2, 0) is 0 Å². The molecule has 0 aliphatic carbocycles. The lowest BCUT2D eigenvalue weighted by molar-refractivity contribution is 0.0161. The van der Waals surface area contributed by atoms with Crippen LogP contribution in [0, 0.1) is 0 Å². The zero-order chi connectivity index (χ0) is 18.1. The monoisotopic (exact) mass is 347 g/mol. The van der Waals surface area contributed by atoms with Crippen LogP contribution in [0.15, 0.2) is 60.7 Å². The summed E-state index contributed by atoms with van der Waals surface area (Å²) in [6, 6.07) is 19.5. The summed E-state index contributed by atoms with van der Waals surface area (Å²) in [4.78, 5) is 20.9. The minimum absolute atomic E-state index is 0.00587. The molecule has 0 N–H and O–H groups in total. The van der Waals surface area contributed by atoms with E-state index < -0.39 is 0 Å². The standard InChI is InChI=1S/C21H21N3O2/c1-23(2)17-10-7-16(8-11-17)21(25)24-13-18(14-24)26-20-12-9-15-5-3-4-6-19(15)22-20/h3-12,18H,13-14H2,1-2H3. The first-order valence-electron chi connectivity index (χ1n) is 8.69. The van der Waals surface area contributed by atoms with E-state index in [0.717, 1.165) is 16.6 Å². The number of ether oxygens (including phenoxy) is 1. The molecule has 1 fully saturated rings. The summed E-state index contributed by atoms with van der Waals surface area (Å²) in [6.07, 6.45) is -0.00587. The predicted octanol–water partition coefficient (Wildman–Crippen LogP) is 3.20. The van der Waals surface area contributed by atoms with E-state index >= 15 is 0 Å². The molecule has 0 saturated carbocycles. The van der Waals surface area contributed by atoms with E-state index in [-0.39, 0.29) is 12.0 Å². The Morgan fingerprint density at radius 1 is 1.04 bits per heavy atom. The first kappa shape index (κ1) is 16.4. The molecule has 26 heavy (non-hydrogen) atoms. The molecule has 4 rings (SSSR count). The Labute approximate surface area is 152 Å². The lowest BCUT2D eigenvalue weighted by Gasteiger charge is -2.38. The fraction of sp³-hybridized carbons (Fsp3) is 0.238. The molecule has 0 atom stereocenters. The minimum atomic E-state index is -0.00587. The minimum Gasteiger partial charge on any atom is -0.471 e. The second-order valence-electron chi connectivity index (χ2n) is 6.73. The van der Waals surface area contributed by atoms with Gasteiger partial charge in [-0.1, -0.05) is 18.2 Å². The molecule has 1 aliphatic rings. The fourth-order valence-electron chi connectivity index (χ4n) is 3.05. The molecule has 1 saturated heterocycles. The SMILES string of the molecule is CN(C)c1ccc(C(=O)N2CC(Oc3ccc4ccccc4n3)C2)cc1. The van der Waals surface area contributed by atoms with Crippen molar-refractivity contribution < 1.29 is 9.53 Å². The van der Waals surface area contributed by atoms with Gasteiger partial charge >= 0.3 is 0 Å². The molecule has 0 unspecified atom stereocenters. The third kappa shape index (κ3) is 3.20. The number of carbonyl (C=O) groups is 1. The van der Waals surface area contributed by atoms with Crippen molar-refractivity contribution in [2.45, 2.75) is 6.10 Å². The quantitative estimate of drug-likeness (QED) is 0.727. The number of hydrogen-bond donors (Lipinski definition) is 0. The van der Waals surface area contributed by atoms with E-state index in [9.17, 15) is 4.79 Å². The second kappa shape index (κ2) is 6.67. The van der Waals surface area contributed by atoms with Crippen molar-refractivity contribution >= 4 is 22.5 Å². The second-order valence-corrected chi connectivity index (χ2v) is 6.73. The summed E-state index contributed by atoms with van der Waals surface area (Å²) in [5.41, 5.74) is 2.70. The van der Waals surface area contributed by atoms with Crippen LogP contribution in [0.1, 0.15) is 10.4 Å². The van der Waals surface area contributed by atoms with Crippen LogP contribution in [0.5, 0.6) is 5.88 Å². The number of fused-ring (bicyclic) bond motifs is 1. The molecule has 3 aromatic rings. The number of amides is 1. The predicted molar refractivity (Wildman–Crippen MR) is 103 cm³/mol. The van der Waals surface area contributed by atoms with Crippen LogP contribution < -0.4 is 9.64 Å². The average Bonchev–Trinajstić information content (AvgIpc) is 2.63. The third-order valence-corrected chi connectivity index (χ3v) is 4.63. The Balaban J connectivity index is 1.36. The first-order chi connectivity index (χ1) is 12.6. The molecule has 0 radical (unpaired) electrons. The number of benzene rings is 2. The number of para-hydroxylation sites is 1. The lowest BCUT2D eigenvalue weighted by atomic mass is 10.1. The molecule has 1 amide bonds. The molecular formula is C21H21N3O2. The highest BCUT2D eigenvalue weighted by Gasteiger charge is 2.33. The zero-order valence-electron chi connectivity index (χ0n) is 14.9. The molecular weight excluding hydrogens is 326 g/mol. The van der Waals surface area contributed by atoms with Crippen molar-refractivity contribution in [1.82, 2.24) is 9.88 Å². The van der Waals surface area contributed by atoms with E-state index in [1.54, 1.807) is 4.90 Å². The molecule has 0 bridgehead atoms. The Bertz CT molecular complexity index is 931. The van der Waals surface area contributed by atoms with Crippen LogP contribution in [0.3, 0.4) is 0 Å². The van der Waals surface area contributed by atoms with Crippen LogP contribution >= 0.6 is 0 Å². The van der Waals surface area contributed by atoms with Gasteiger partial charge in [0.2, 0.25) is 5.88 Å². The van der Waals surface area contributed by atoms with Gasteiger partial charge in [-0.25, -0.2) is 4.98 Å². The normalized spacial score (nSPS) is 14.2. The maximum absolute atomic E-state index is 12.5. The summed E-state index contributed by atoms with van der Waals surface area (Å²) in [6.45, 7) is 1.17. The van der Waals surface area contributed by atoms with E-state index in [1.807, 2.05) is 79.7 Å². The molecule has 0 spiro atoms. The first-order valence-corrected chi connectivity index (χ1v) is 8.69. The van der Waals surface area contributed by atoms with Crippen molar-refractivity contribution in [1.29, 1.82) is 0 Å². The van der Waals surface area contributed by atoms with E-state index in [0.29, 0.717) is 24.5 Å². The highest BCUT2D eigenvalue weighted by Crippen LogP contribution is 2.22. The highest BCUT2D eigenvalue weighted by atomic mass is 16.5. The fourth-order valence-corrected chi connectivity index (χ4v) is 3.05. The van der Waals surface area contributed by atoms with Crippen LogP contribution in [0.25, 0.3) is 10.9 Å². The van der Waals surface area contributed by atoms with E-state index in [2.05, 4.69) is 4.98 Å². The Hall–Kier alpha value is -3.08. The Morgan fingerprint density at radius 3 is 2.50 bits per heavy atom. The van der Waals surface area contributed by atoms with Gasteiger partial charge in [0.1, 0.15) is 6.10 Å². The van der Waals surface area contributed by atoms with Crippen molar-refractivity contribution in [3.05, 3.63) is 66.2 Å². The lowest BCUT2D eigenvalue weighted by Crippen LogP contribution is -2.56. The van der Waals surface area contributed by atoms with Crippen molar-refractivity contribution in [2.75, 3.05) is 32.1 Å². The van der Waals surface area contributed by atoms with Gasteiger partial charge in [-0.15, -0.1) is 0 Å². The molecule has 2 heterocycles. The van der Waals surface area contributed by atoms with Crippen LogP contribution in [0.4, 0.5) is 5.69 Å². The number of hydrogen-bond acceptors (Lipinski definition) is 4. The molecule has 1 aromatic heterocycles. The maximum Gasteiger partial charge on any atom is 0.254 e. The molecule has 5 nitrogen and oxygen atoms in total. The topological polar surface area (TPSA) is 45.7 Å². The molecule has 1 aliphatic heterocycles. The van der Waals surface area contributed by atoms with Gasteiger partial charge in [0.15, 0.2) is 0 Å². The van der Waals surface area contributed by atoms with Crippen LogP contribution in [-0.4, -0.2) is 49.1 Å². The number of carbonyl (C=O) groups excluding carboxylic acids is 1. The van der Waals surface area contributed by atoms with Gasteiger partial charge in [-0.2, -0.15) is 0 Å². The summed E-state index contributed by atoms with van der Waals surface area (Å²) in [7, 11) is 3.96. The number of anilines is 1. The molecule has 132 valence electrons. The van der Waals surface area contributed by atoms with Gasteiger partial charge in [0.25, 0.3) is 5.91 Å². The summed E-state index contributed by atoms with van der Waals surface area (Å²) in [5, 5.41) is 1.09. The zero-order valence-corrected chi connectivity index (χ0v) is 14.9. The van der Waals surface area contributed by atoms with E-state index in [1.165, 1.54) is 0 Å². The third-order valence-electron chi connectivity index (χ3n) is 4.63. The maximum atomic E-state index is 12.5. The van der Waals surface area contributed by atoms with Gasteiger partial charge in [-0.3, -0.25) is 4.79 Å². The smallest absolute Gasteiger partial charge is 0.254 e. The summed E-state index contributed by atoms with van der Waals surface area (Å²) in [5.74, 6) is 0.651. The van der Waals surface area contributed by atoms with Crippen LogP contribution in [0.2, 0.25) is 0 Å². The van der Waals surface area contributed by atoms with Gasteiger partial charge in [-0.05, 0) is 36.4 Å². The Morgan fingerprint density at radius 2 is 1.77 bits per heavy atom. The van der Waals surface area contributed by atoms with E-state index in [4.69, 9.17) is 4.74 Å². The largest absolute Gasteiger partial charge is 0.471 e. The average molecular weight is 347 g/mol. The highest BCUT2D eigenvalue weighted by molar-refractivity contribution is 5.95. The summed E-state index contributed by atoms with van der Waals surface area (Å²) >= 11 is 0. The Kier molecular flexibility index (Phi) is 4.21. The van der Waals surface area contributed by atoms with Crippen molar-refractivity contribution in [3.8, 4) is 5.88 Å². The number of rotatable bonds is 4.